The van der Waals surface area contributed by atoms with Gasteiger partial charge in [0, 0.05) is 10.6 Å². The number of carboxylic acid groups (broad SMARTS) is 1. The Hall–Kier alpha value is -2.65. The van der Waals surface area contributed by atoms with E-state index in [9.17, 15) is 9.59 Å². The second-order valence-electron chi connectivity index (χ2n) is 3.88. The number of nitriles is 1. The summed E-state index contributed by atoms with van der Waals surface area (Å²) in [5.74, 6) is -1.36. The van der Waals surface area contributed by atoms with Gasteiger partial charge in [-0.1, -0.05) is 23.7 Å². The van der Waals surface area contributed by atoms with E-state index in [-0.39, 0.29) is 12.2 Å². The van der Waals surface area contributed by atoms with Crippen LogP contribution in [-0.2, 0) is 6.54 Å². The van der Waals surface area contributed by atoms with E-state index in [1.807, 2.05) is 0 Å². The zero-order chi connectivity index (χ0) is 14.7. The fourth-order valence-electron chi connectivity index (χ4n) is 1.63. The summed E-state index contributed by atoms with van der Waals surface area (Å²) in [4.78, 5) is 22.9. The molecule has 0 saturated heterocycles. The number of carbonyl (C=O) groups is 1. The molecule has 2 aromatic rings. The second-order valence-corrected chi connectivity index (χ2v) is 4.31. The van der Waals surface area contributed by atoms with Gasteiger partial charge < -0.3 is 5.11 Å². The lowest BCUT2D eigenvalue weighted by Crippen LogP contribution is -2.28. The molecule has 1 aromatic heterocycles. The van der Waals surface area contributed by atoms with Crippen LogP contribution in [0.5, 0.6) is 0 Å². The molecule has 0 fully saturated rings. The third-order valence-electron chi connectivity index (χ3n) is 2.57. The Morgan fingerprint density at radius 1 is 1.40 bits per heavy atom. The molecule has 1 heterocycles. The predicted molar refractivity (Wildman–Crippen MR) is 71.5 cm³/mol. The third-order valence-corrected chi connectivity index (χ3v) is 2.82. The molecule has 0 spiro atoms. The van der Waals surface area contributed by atoms with Gasteiger partial charge >= 0.3 is 5.97 Å². The van der Waals surface area contributed by atoms with E-state index in [1.165, 1.54) is 6.07 Å². The van der Waals surface area contributed by atoms with Gasteiger partial charge in [0.05, 0.1) is 11.8 Å². The topological polar surface area (TPSA) is 96.0 Å². The van der Waals surface area contributed by atoms with Gasteiger partial charge in [-0.15, -0.1) is 0 Å². The molecule has 0 aliphatic heterocycles. The van der Waals surface area contributed by atoms with Crippen molar-refractivity contribution in [1.82, 2.24) is 9.78 Å². The van der Waals surface area contributed by atoms with Crippen LogP contribution < -0.4 is 5.56 Å². The van der Waals surface area contributed by atoms with Crippen molar-refractivity contribution in [3.63, 3.8) is 0 Å². The van der Waals surface area contributed by atoms with E-state index in [0.29, 0.717) is 10.6 Å². The number of hydrogen-bond donors (Lipinski definition) is 1. The van der Waals surface area contributed by atoms with E-state index in [0.717, 1.165) is 4.68 Å². The van der Waals surface area contributed by atoms with Gasteiger partial charge in [0.25, 0.3) is 5.56 Å². The molecule has 0 atom stereocenters. The van der Waals surface area contributed by atoms with E-state index in [1.54, 1.807) is 30.3 Å². The van der Waals surface area contributed by atoms with E-state index < -0.39 is 17.1 Å². The number of nitrogens with zero attached hydrogens (tertiary/aromatic N) is 3. The minimum Gasteiger partial charge on any atom is -0.477 e. The fourth-order valence-corrected chi connectivity index (χ4v) is 1.76. The van der Waals surface area contributed by atoms with Crippen LogP contribution in [0.1, 0.15) is 10.4 Å². The molecule has 0 aliphatic carbocycles. The van der Waals surface area contributed by atoms with Gasteiger partial charge in [-0.25, -0.2) is 9.48 Å². The number of rotatable bonds is 3. The average Bonchev–Trinajstić information content (AvgIpc) is 2.42. The van der Waals surface area contributed by atoms with Crippen molar-refractivity contribution in [2.24, 2.45) is 0 Å². The smallest absolute Gasteiger partial charge is 0.341 e. The van der Waals surface area contributed by atoms with E-state index >= 15 is 0 Å². The van der Waals surface area contributed by atoms with Crippen LogP contribution >= 0.6 is 11.6 Å². The molecular weight excluding hydrogens is 282 g/mol. The van der Waals surface area contributed by atoms with Gasteiger partial charge in [0.2, 0.25) is 0 Å². The lowest BCUT2D eigenvalue weighted by Gasteiger charge is -2.06. The van der Waals surface area contributed by atoms with Crippen LogP contribution in [-0.4, -0.2) is 20.9 Å². The first kappa shape index (κ1) is 13.8. The largest absolute Gasteiger partial charge is 0.477 e. The molecular formula is C13H8ClN3O3. The van der Waals surface area contributed by atoms with Gasteiger partial charge in [-0.3, -0.25) is 4.79 Å². The SMILES string of the molecule is N#CCn1nc(-c2ccc(Cl)cc2)cc(C(=O)O)c1=O. The van der Waals surface area contributed by atoms with Crippen molar-refractivity contribution in [3.05, 3.63) is 51.3 Å². The molecule has 0 bridgehead atoms. The Morgan fingerprint density at radius 3 is 2.60 bits per heavy atom. The van der Waals surface area contributed by atoms with E-state index in [4.69, 9.17) is 22.0 Å². The summed E-state index contributed by atoms with van der Waals surface area (Å²) in [6, 6.07) is 9.50. The Labute approximate surface area is 118 Å². The summed E-state index contributed by atoms with van der Waals surface area (Å²) >= 11 is 5.77. The molecule has 0 amide bonds. The monoisotopic (exact) mass is 289 g/mol. The molecule has 20 heavy (non-hydrogen) atoms. The fraction of sp³-hybridized carbons (Fsp3) is 0.0769. The first-order valence-electron chi connectivity index (χ1n) is 5.51. The maximum Gasteiger partial charge on any atom is 0.341 e. The molecule has 1 N–H and O–H groups in total. The van der Waals surface area contributed by atoms with E-state index in [2.05, 4.69) is 5.10 Å². The molecule has 0 aliphatic rings. The number of aromatic carboxylic acids is 1. The highest BCUT2D eigenvalue weighted by Crippen LogP contribution is 2.19. The first-order valence-corrected chi connectivity index (χ1v) is 5.89. The molecule has 100 valence electrons. The average molecular weight is 290 g/mol. The van der Waals surface area contributed by atoms with Crippen LogP contribution in [0.2, 0.25) is 5.02 Å². The first-order chi connectivity index (χ1) is 9.52. The molecule has 0 saturated carbocycles. The zero-order valence-electron chi connectivity index (χ0n) is 10.1. The molecule has 6 nitrogen and oxygen atoms in total. The van der Waals surface area contributed by atoms with Gasteiger partial charge in [0.1, 0.15) is 12.1 Å². The molecule has 7 heteroatoms. The molecule has 2 rings (SSSR count). The van der Waals surface area contributed by atoms with Gasteiger partial charge in [-0.05, 0) is 18.2 Å². The van der Waals surface area contributed by atoms with Crippen molar-refractivity contribution >= 4 is 17.6 Å². The van der Waals surface area contributed by atoms with Crippen molar-refractivity contribution in [2.45, 2.75) is 6.54 Å². The highest BCUT2D eigenvalue weighted by atomic mass is 35.5. The Bertz CT molecular complexity index is 760. The summed E-state index contributed by atoms with van der Waals surface area (Å²) in [5, 5.41) is 22.2. The van der Waals surface area contributed by atoms with Crippen LogP contribution in [0.3, 0.4) is 0 Å². The summed E-state index contributed by atoms with van der Waals surface area (Å²) in [6.45, 7) is -0.319. The van der Waals surface area contributed by atoms with Crippen molar-refractivity contribution in [1.29, 1.82) is 5.26 Å². The van der Waals surface area contributed by atoms with Crippen LogP contribution in [0.4, 0.5) is 0 Å². The molecule has 0 radical (unpaired) electrons. The van der Waals surface area contributed by atoms with Crippen molar-refractivity contribution in [3.8, 4) is 17.3 Å². The normalized spacial score (nSPS) is 10.0. The second kappa shape index (κ2) is 5.55. The lowest BCUT2D eigenvalue weighted by atomic mass is 10.1. The Kier molecular flexibility index (Phi) is 3.82. The molecule has 1 aromatic carbocycles. The standard InChI is InChI=1S/C13H8ClN3O3/c14-9-3-1-8(2-4-9)11-7-10(13(19)20)12(18)17(16-11)6-5-15/h1-4,7H,6H2,(H,19,20). The van der Waals surface area contributed by atoms with Gasteiger partial charge in [-0.2, -0.15) is 10.4 Å². The van der Waals surface area contributed by atoms with Crippen LogP contribution in [0, 0.1) is 11.3 Å². The number of aromatic nitrogens is 2. The highest BCUT2D eigenvalue weighted by molar-refractivity contribution is 6.30. The van der Waals surface area contributed by atoms with Gasteiger partial charge in [0.15, 0.2) is 0 Å². The molecule has 0 unspecified atom stereocenters. The maximum absolute atomic E-state index is 11.8. The van der Waals surface area contributed by atoms with Crippen molar-refractivity contribution in [2.75, 3.05) is 0 Å². The summed E-state index contributed by atoms with van der Waals surface area (Å²) < 4.78 is 0.827. The Balaban J connectivity index is 2.65. The van der Waals surface area contributed by atoms with Crippen LogP contribution in [0.15, 0.2) is 35.1 Å². The minimum atomic E-state index is -1.36. The zero-order valence-corrected chi connectivity index (χ0v) is 10.8. The number of halogens is 1. The number of hydrogen-bond acceptors (Lipinski definition) is 4. The van der Waals surface area contributed by atoms with Crippen molar-refractivity contribution < 1.29 is 9.90 Å². The summed E-state index contributed by atoms with van der Waals surface area (Å²) in [6.07, 6.45) is 0. The summed E-state index contributed by atoms with van der Waals surface area (Å²) in [7, 11) is 0. The maximum atomic E-state index is 11.8. The number of benzene rings is 1. The number of carboxylic acids is 1. The third kappa shape index (κ3) is 2.68. The predicted octanol–water partition coefficient (Wildman–Crippen LogP) is 1.79. The summed E-state index contributed by atoms with van der Waals surface area (Å²) in [5.41, 5.74) is -0.352. The minimum absolute atomic E-state index is 0.286. The lowest BCUT2D eigenvalue weighted by molar-refractivity contribution is 0.0694. The Morgan fingerprint density at radius 2 is 2.05 bits per heavy atom. The van der Waals surface area contributed by atoms with Crippen LogP contribution in [0.25, 0.3) is 11.3 Å². The quantitative estimate of drug-likeness (QED) is 0.929. The highest BCUT2D eigenvalue weighted by Gasteiger charge is 2.15.